The monoisotopic (exact) mass is 252 g/mol. The molecule has 0 heterocycles. The van der Waals surface area contributed by atoms with Crippen molar-refractivity contribution in [2.24, 2.45) is 0 Å². The molecule has 0 aliphatic rings. The van der Waals surface area contributed by atoms with Crippen LogP contribution in [0, 0.1) is 6.92 Å². The Morgan fingerprint density at radius 2 is 1.78 bits per heavy atom. The zero-order valence-corrected chi connectivity index (χ0v) is 11.5. The van der Waals surface area contributed by atoms with Crippen molar-refractivity contribution in [3.8, 4) is 11.5 Å². The lowest BCUT2D eigenvalue weighted by molar-refractivity contribution is 0.250. The van der Waals surface area contributed by atoms with Crippen LogP contribution in [0.2, 0.25) is 0 Å². The number of carbonyl (C=O) groups is 1. The van der Waals surface area contributed by atoms with Crippen LogP contribution < -0.4 is 20.1 Å². The summed E-state index contributed by atoms with van der Waals surface area (Å²) >= 11 is 0. The molecule has 0 aliphatic heterocycles. The third-order valence-corrected chi connectivity index (χ3v) is 2.38. The highest BCUT2D eigenvalue weighted by atomic mass is 16.5. The second-order valence-electron chi connectivity index (χ2n) is 4.28. The number of anilines is 1. The van der Waals surface area contributed by atoms with Gasteiger partial charge in [-0.1, -0.05) is 0 Å². The molecule has 0 fully saturated rings. The summed E-state index contributed by atoms with van der Waals surface area (Å²) in [5.41, 5.74) is 1.53. The summed E-state index contributed by atoms with van der Waals surface area (Å²) < 4.78 is 10.5. The molecule has 0 atom stereocenters. The van der Waals surface area contributed by atoms with Crippen molar-refractivity contribution < 1.29 is 14.3 Å². The molecule has 2 amide bonds. The number of aryl methyl sites for hydroxylation is 1. The van der Waals surface area contributed by atoms with E-state index in [1.165, 1.54) is 0 Å². The Labute approximate surface area is 107 Å². The number of methoxy groups -OCH3 is 2. The van der Waals surface area contributed by atoms with Crippen LogP contribution in [-0.4, -0.2) is 26.3 Å². The summed E-state index contributed by atoms with van der Waals surface area (Å²) in [6.45, 7) is 5.71. The Hall–Kier alpha value is -1.91. The van der Waals surface area contributed by atoms with Gasteiger partial charge in [0.05, 0.1) is 19.9 Å². The summed E-state index contributed by atoms with van der Waals surface area (Å²) in [5.74, 6) is 1.31. The average Bonchev–Trinajstić information content (AvgIpc) is 2.29. The first-order valence-electron chi connectivity index (χ1n) is 5.78. The molecule has 2 N–H and O–H groups in total. The Morgan fingerprint density at radius 3 is 2.28 bits per heavy atom. The summed E-state index contributed by atoms with van der Waals surface area (Å²) in [4.78, 5) is 11.7. The third kappa shape index (κ3) is 3.55. The second kappa shape index (κ2) is 6.14. The molecule has 1 aromatic rings. The van der Waals surface area contributed by atoms with E-state index < -0.39 is 0 Å². The Balaban J connectivity index is 2.96. The van der Waals surface area contributed by atoms with Crippen molar-refractivity contribution in [3.05, 3.63) is 17.7 Å². The summed E-state index contributed by atoms with van der Waals surface area (Å²) in [6, 6.07) is 3.37. The maximum Gasteiger partial charge on any atom is 0.319 e. The third-order valence-electron chi connectivity index (χ3n) is 2.38. The fourth-order valence-corrected chi connectivity index (χ4v) is 1.57. The van der Waals surface area contributed by atoms with Crippen LogP contribution in [0.3, 0.4) is 0 Å². The van der Waals surface area contributed by atoms with Gasteiger partial charge in [0.15, 0.2) is 0 Å². The molecule has 0 radical (unpaired) electrons. The summed E-state index contributed by atoms with van der Waals surface area (Å²) in [7, 11) is 3.15. The van der Waals surface area contributed by atoms with E-state index in [0.29, 0.717) is 17.2 Å². The number of rotatable bonds is 4. The van der Waals surface area contributed by atoms with E-state index in [4.69, 9.17) is 9.47 Å². The second-order valence-corrected chi connectivity index (χ2v) is 4.28. The lowest BCUT2D eigenvalue weighted by Gasteiger charge is -2.15. The molecular weight excluding hydrogens is 232 g/mol. The molecule has 0 aromatic heterocycles. The molecule has 0 aliphatic carbocycles. The highest BCUT2D eigenvalue weighted by molar-refractivity contribution is 5.91. The van der Waals surface area contributed by atoms with Crippen LogP contribution in [0.1, 0.15) is 19.4 Å². The van der Waals surface area contributed by atoms with E-state index in [0.717, 1.165) is 5.56 Å². The highest BCUT2D eigenvalue weighted by Gasteiger charge is 2.11. The standard InChI is InChI=1S/C13H20N2O3/c1-8(2)14-13(16)15-10-7-11(17-4)9(3)6-12(10)18-5/h6-8H,1-5H3,(H2,14,15,16). The van der Waals surface area contributed by atoms with Gasteiger partial charge in [0, 0.05) is 12.1 Å². The SMILES string of the molecule is COc1cc(NC(=O)NC(C)C)c(OC)cc1C. The van der Waals surface area contributed by atoms with E-state index in [-0.39, 0.29) is 12.1 Å². The molecule has 0 saturated heterocycles. The topological polar surface area (TPSA) is 59.6 Å². The number of carbonyl (C=O) groups excluding carboxylic acids is 1. The fraction of sp³-hybridized carbons (Fsp3) is 0.462. The minimum Gasteiger partial charge on any atom is -0.496 e. The first-order chi connectivity index (χ1) is 8.47. The number of amides is 2. The van der Waals surface area contributed by atoms with Gasteiger partial charge in [-0.3, -0.25) is 0 Å². The van der Waals surface area contributed by atoms with E-state index >= 15 is 0 Å². The highest BCUT2D eigenvalue weighted by Crippen LogP contribution is 2.32. The van der Waals surface area contributed by atoms with E-state index in [1.54, 1.807) is 20.3 Å². The van der Waals surface area contributed by atoms with Gasteiger partial charge in [0.2, 0.25) is 0 Å². The predicted octanol–water partition coefficient (Wildman–Crippen LogP) is 2.54. The molecule has 0 bridgehead atoms. The summed E-state index contributed by atoms with van der Waals surface area (Å²) in [6.07, 6.45) is 0. The molecule has 5 nitrogen and oxygen atoms in total. The molecule has 18 heavy (non-hydrogen) atoms. The first kappa shape index (κ1) is 14.2. The van der Waals surface area contributed by atoms with Gasteiger partial charge in [-0.15, -0.1) is 0 Å². The van der Waals surface area contributed by atoms with Crippen LogP contribution >= 0.6 is 0 Å². The number of benzene rings is 1. The maximum absolute atomic E-state index is 11.7. The fourth-order valence-electron chi connectivity index (χ4n) is 1.57. The number of urea groups is 1. The van der Waals surface area contributed by atoms with Gasteiger partial charge in [0.25, 0.3) is 0 Å². The minimum atomic E-state index is -0.269. The largest absolute Gasteiger partial charge is 0.496 e. The number of ether oxygens (including phenoxy) is 2. The number of hydrogen-bond acceptors (Lipinski definition) is 3. The van der Waals surface area contributed by atoms with Crippen molar-refractivity contribution in [2.75, 3.05) is 19.5 Å². The molecule has 100 valence electrons. The normalized spacial score (nSPS) is 10.1. The van der Waals surface area contributed by atoms with Crippen LogP contribution in [-0.2, 0) is 0 Å². The van der Waals surface area contributed by atoms with Crippen LogP contribution in [0.4, 0.5) is 10.5 Å². The molecule has 0 unspecified atom stereocenters. The Bertz CT molecular complexity index is 430. The van der Waals surface area contributed by atoms with Crippen molar-refractivity contribution in [1.82, 2.24) is 5.32 Å². The molecular formula is C13H20N2O3. The summed E-state index contributed by atoms with van der Waals surface area (Å²) in [5, 5.41) is 5.49. The van der Waals surface area contributed by atoms with Gasteiger partial charge in [-0.25, -0.2) is 4.79 Å². The quantitative estimate of drug-likeness (QED) is 0.865. The number of nitrogens with one attached hydrogen (secondary N) is 2. The molecule has 1 rings (SSSR count). The van der Waals surface area contributed by atoms with E-state index in [2.05, 4.69) is 10.6 Å². The molecule has 1 aromatic carbocycles. The van der Waals surface area contributed by atoms with Gasteiger partial charge >= 0.3 is 6.03 Å². The van der Waals surface area contributed by atoms with Gasteiger partial charge in [-0.05, 0) is 32.4 Å². The molecule has 0 saturated carbocycles. The van der Waals surface area contributed by atoms with Crippen molar-refractivity contribution in [1.29, 1.82) is 0 Å². The lowest BCUT2D eigenvalue weighted by Crippen LogP contribution is -2.34. The van der Waals surface area contributed by atoms with Crippen molar-refractivity contribution in [3.63, 3.8) is 0 Å². The smallest absolute Gasteiger partial charge is 0.319 e. The van der Waals surface area contributed by atoms with Gasteiger partial charge < -0.3 is 20.1 Å². The molecule has 5 heteroatoms. The number of hydrogen-bond donors (Lipinski definition) is 2. The van der Waals surface area contributed by atoms with Gasteiger partial charge in [0.1, 0.15) is 11.5 Å². The van der Waals surface area contributed by atoms with Crippen molar-refractivity contribution >= 4 is 11.7 Å². The minimum absolute atomic E-state index is 0.0725. The molecule has 0 spiro atoms. The van der Waals surface area contributed by atoms with E-state index in [9.17, 15) is 4.79 Å². The van der Waals surface area contributed by atoms with E-state index in [1.807, 2.05) is 26.8 Å². The van der Waals surface area contributed by atoms with Crippen LogP contribution in [0.15, 0.2) is 12.1 Å². The first-order valence-corrected chi connectivity index (χ1v) is 5.78. The zero-order valence-electron chi connectivity index (χ0n) is 11.5. The Morgan fingerprint density at radius 1 is 1.17 bits per heavy atom. The zero-order chi connectivity index (χ0) is 13.7. The lowest BCUT2D eigenvalue weighted by atomic mass is 10.2. The Kier molecular flexibility index (Phi) is 4.83. The predicted molar refractivity (Wildman–Crippen MR) is 71.6 cm³/mol. The van der Waals surface area contributed by atoms with Crippen LogP contribution in [0.5, 0.6) is 11.5 Å². The van der Waals surface area contributed by atoms with Crippen molar-refractivity contribution in [2.45, 2.75) is 26.8 Å². The average molecular weight is 252 g/mol. The van der Waals surface area contributed by atoms with Gasteiger partial charge in [-0.2, -0.15) is 0 Å². The maximum atomic E-state index is 11.7. The van der Waals surface area contributed by atoms with Crippen LogP contribution in [0.25, 0.3) is 0 Å².